The van der Waals surface area contributed by atoms with Crippen molar-refractivity contribution < 1.29 is 19.4 Å². The van der Waals surface area contributed by atoms with Gasteiger partial charge in [0, 0.05) is 35.1 Å². The number of halogens is 2. The summed E-state index contributed by atoms with van der Waals surface area (Å²) >= 11 is 9.50. The molecule has 8 heteroatoms. The number of benzene rings is 3. The van der Waals surface area contributed by atoms with Crippen LogP contribution in [0.1, 0.15) is 16.7 Å². The fourth-order valence-corrected chi connectivity index (χ4v) is 4.49. The summed E-state index contributed by atoms with van der Waals surface area (Å²) < 4.78 is 12.2. The van der Waals surface area contributed by atoms with E-state index in [4.69, 9.17) is 21.1 Å². The molecule has 1 atom stereocenters. The number of para-hydroxylation sites is 1. The average Bonchev–Trinajstić information content (AvgIpc) is 3.24. The van der Waals surface area contributed by atoms with Gasteiger partial charge in [-0.1, -0.05) is 41.9 Å². The molecule has 0 unspecified atom stereocenters. The van der Waals surface area contributed by atoms with Crippen molar-refractivity contribution in [3.8, 4) is 11.5 Å². The van der Waals surface area contributed by atoms with Crippen LogP contribution in [0.25, 0.3) is 10.9 Å². The fourth-order valence-electron chi connectivity index (χ4n) is 3.76. The molecule has 0 fully saturated rings. The largest absolute Gasteiger partial charge is 0.493 e. The van der Waals surface area contributed by atoms with E-state index in [9.17, 15) is 9.90 Å². The van der Waals surface area contributed by atoms with E-state index in [1.165, 1.54) is 0 Å². The number of hydrogen-bond acceptors (Lipinski definition) is 4. The van der Waals surface area contributed by atoms with Crippen LogP contribution in [0.2, 0.25) is 5.02 Å². The van der Waals surface area contributed by atoms with E-state index in [0.29, 0.717) is 36.1 Å². The molecule has 6 nitrogen and oxygen atoms in total. The normalized spacial score (nSPS) is 12.0. The highest BCUT2D eigenvalue weighted by atomic mass is 79.9. The predicted octanol–water partition coefficient (Wildman–Crippen LogP) is 5.96. The van der Waals surface area contributed by atoms with E-state index in [-0.39, 0.29) is 0 Å². The zero-order chi connectivity index (χ0) is 24.1. The Morgan fingerprint density at radius 3 is 2.65 bits per heavy atom. The smallest absolute Gasteiger partial charge is 0.321 e. The molecule has 0 spiro atoms. The number of nitrogens with one attached hydrogen (secondary N) is 2. The van der Waals surface area contributed by atoms with Crippen LogP contribution in [0.5, 0.6) is 11.5 Å². The molecule has 0 aliphatic rings. The summed E-state index contributed by atoms with van der Waals surface area (Å²) in [6, 6.07) is 18.3. The minimum atomic E-state index is -0.903. The lowest BCUT2D eigenvalue weighted by Crippen LogP contribution is -2.38. The molecule has 176 valence electrons. The Hall–Kier alpha value is -3.00. The van der Waals surface area contributed by atoms with Crippen LogP contribution in [-0.2, 0) is 24.4 Å². The Morgan fingerprint density at radius 2 is 1.91 bits per heavy atom. The summed E-state index contributed by atoms with van der Waals surface area (Å²) in [5.41, 5.74) is 3.79. The van der Waals surface area contributed by atoms with Gasteiger partial charge < -0.3 is 24.9 Å². The molecule has 4 aromatic rings. The van der Waals surface area contributed by atoms with Crippen LogP contribution < -0.4 is 14.8 Å². The van der Waals surface area contributed by atoms with Gasteiger partial charge in [0.2, 0.25) is 0 Å². The molecule has 0 bridgehead atoms. The van der Waals surface area contributed by atoms with Gasteiger partial charge >= 0.3 is 5.97 Å². The number of aliphatic carboxylic acids is 1. The van der Waals surface area contributed by atoms with Crippen molar-refractivity contribution in [2.45, 2.75) is 25.6 Å². The maximum Gasteiger partial charge on any atom is 0.321 e. The first-order valence-electron chi connectivity index (χ1n) is 10.7. The Labute approximate surface area is 211 Å². The summed E-state index contributed by atoms with van der Waals surface area (Å²) in [6.45, 7) is 0.710. The van der Waals surface area contributed by atoms with E-state index < -0.39 is 12.0 Å². The first-order chi connectivity index (χ1) is 16.4. The predicted molar refractivity (Wildman–Crippen MR) is 137 cm³/mol. The van der Waals surface area contributed by atoms with E-state index in [1.54, 1.807) is 7.11 Å². The minimum Gasteiger partial charge on any atom is -0.493 e. The number of hydrogen-bond donors (Lipinski definition) is 3. The standard InChI is InChI=1S/C26H24BrClN2O4/c1-33-24-11-17(10-21(27)25(24)34-15-16-6-8-19(28)9-7-16)13-29-23(26(31)32)12-18-14-30-22-5-3-2-4-20(18)22/h2-11,14,23,29-30H,12-13,15H2,1H3,(H,31,32)/t23-/m0/s1. The lowest BCUT2D eigenvalue weighted by molar-refractivity contribution is -0.139. The monoisotopic (exact) mass is 542 g/mol. The molecule has 0 aliphatic heterocycles. The first-order valence-corrected chi connectivity index (χ1v) is 11.9. The van der Waals surface area contributed by atoms with Crippen molar-refractivity contribution in [2.75, 3.05) is 7.11 Å². The van der Waals surface area contributed by atoms with Crippen LogP contribution >= 0.6 is 27.5 Å². The molecule has 34 heavy (non-hydrogen) atoms. The molecule has 3 aromatic carbocycles. The third-order valence-electron chi connectivity index (χ3n) is 5.54. The molecule has 1 heterocycles. The van der Waals surface area contributed by atoms with Crippen LogP contribution in [0.3, 0.4) is 0 Å². The second-order valence-electron chi connectivity index (χ2n) is 7.86. The maximum atomic E-state index is 11.9. The lowest BCUT2D eigenvalue weighted by atomic mass is 10.0. The van der Waals surface area contributed by atoms with E-state index in [1.807, 2.05) is 66.9 Å². The van der Waals surface area contributed by atoms with Crippen molar-refractivity contribution in [1.29, 1.82) is 0 Å². The van der Waals surface area contributed by atoms with Gasteiger partial charge in [0.1, 0.15) is 12.6 Å². The molecular formula is C26H24BrClN2O4. The van der Waals surface area contributed by atoms with Crippen molar-refractivity contribution >= 4 is 44.4 Å². The number of aromatic amines is 1. The number of carboxylic acid groups (broad SMARTS) is 1. The van der Waals surface area contributed by atoms with Gasteiger partial charge in [-0.25, -0.2) is 0 Å². The molecular weight excluding hydrogens is 520 g/mol. The van der Waals surface area contributed by atoms with Crippen LogP contribution in [0, 0.1) is 0 Å². The summed E-state index contributed by atoms with van der Waals surface area (Å²) in [5.74, 6) is 0.234. The Bertz CT molecular complexity index is 1290. The van der Waals surface area contributed by atoms with Crippen LogP contribution in [0.4, 0.5) is 0 Å². The molecule has 1 aromatic heterocycles. The average molecular weight is 544 g/mol. The number of ether oxygens (including phenoxy) is 2. The number of H-pyrrole nitrogens is 1. The van der Waals surface area contributed by atoms with Gasteiger partial charge in [-0.2, -0.15) is 0 Å². The molecule has 0 amide bonds. The minimum absolute atomic E-state index is 0.353. The summed E-state index contributed by atoms with van der Waals surface area (Å²) in [5, 5.41) is 14.6. The maximum absolute atomic E-state index is 11.9. The van der Waals surface area contributed by atoms with E-state index in [2.05, 4.69) is 26.2 Å². The topological polar surface area (TPSA) is 83.6 Å². The SMILES string of the molecule is COc1cc(CN[C@@H](Cc2c[nH]c3ccccc23)C(=O)O)cc(Br)c1OCc1ccc(Cl)cc1. The number of methoxy groups -OCH3 is 1. The van der Waals surface area contributed by atoms with E-state index >= 15 is 0 Å². The zero-order valence-corrected chi connectivity index (χ0v) is 20.8. The van der Waals surface area contributed by atoms with Gasteiger partial charge in [0.05, 0.1) is 11.6 Å². The summed E-state index contributed by atoms with van der Waals surface area (Å²) in [6.07, 6.45) is 2.23. The highest BCUT2D eigenvalue weighted by molar-refractivity contribution is 9.10. The second-order valence-corrected chi connectivity index (χ2v) is 9.15. The molecule has 0 saturated carbocycles. The Balaban J connectivity index is 1.45. The zero-order valence-electron chi connectivity index (χ0n) is 18.5. The van der Waals surface area contributed by atoms with Gasteiger partial charge in [0.25, 0.3) is 0 Å². The van der Waals surface area contributed by atoms with E-state index in [0.717, 1.165) is 32.1 Å². The summed E-state index contributed by atoms with van der Waals surface area (Å²) in [7, 11) is 1.57. The number of rotatable bonds is 10. The molecule has 3 N–H and O–H groups in total. The van der Waals surface area contributed by atoms with Crippen LogP contribution in [0.15, 0.2) is 71.3 Å². The van der Waals surface area contributed by atoms with Crippen molar-refractivity contribution in [2.24, 2.45) is 0 Å². The molecule has 0 aliphatic carbocycles. The Kier molecular flexibility index (Phi) is 7.77. The van der Waals surface area contributed by atoms with Gasteiger partial charge in [-0.05, 0) is 63.0 Å². The number of aromatic nitrogens is 1. The first kappa shape index (κ1) is 24.1. The van der Waals surface area contributed by atoms with Crippen molar-refractivity contribution in [3.63, 3.8) is 0 Å². The van der Waals surface area contributed by atoms with Crippen LogP contribution in [-0.4, -0.2) is 29.2 Å². The molecule has 0 saturated heterocycles. The molecule has 0 radical (unpaired) electrons. The number of carboxylic acids is 1. The highest BCUT2D eigenvalue weighted by Gasteiger charge is 2.20. The highest BCUT2D eigenvalue weighted by Crippen LogP contribution is 2.37. The third-order valence-corrected chi connectivity index (χ3v) is 6.38. The van der Waals surface area contributed by atoms with Crippen molar-refractivity contribution in [3.05, 3.63) is 93.0 Å². The molecule has 4 rings (SSSR count). The summed E-state index contributed by atoms with van der Waals surface area (Å²) in [4.78, 5) is 15.1. The third kappa shape index (κ3) is 5.73. The second kappa shape index (κ2) is 11.0. The van der Waals surface area contributed by atoms with Gasteiger partial charge in [-0.15, -0.1) is 0 Å². The lowest BCUT2D eigenvalue weighted by Gasteiger charge is -2.17. The van der Waals surface area contributed by atoms with Crippen molar-refractivity contribution in [1.82, 2.24) is 10.3 Å². The van der Waals surface area contributed by atoms with Gasteiger partial charge in [-0.3, -0.25) is 4.79 Å². The fraction of sp³-hybridized carbons (Fsp3) is 0.192. The van der Waals surface area contributed by atoms with Gasteiger partial charge in [0.15, 0.2) is 11.5 Å². The number of carbonyl (C=O) groups is 1. The number of fused-ring (bicyclic) bond motifs is 1. The Morgan fingerprint density at radius 1 is 1.15 bits per heavy atom. The quantitative estimate of drug-likeness (QED) is 0.230.